The van der Waals surface area contributed by atoms with Crippen molar-refractivity contribution in [2.75, 3.05) is 49.5 Å². The highest BCUT2D eigenvalue weighted by Crippen LogP contribution is 2.32. The highest BCUT2D eigenvalue weighted by atomic mass is 16.2. The van der Waals surface area contributed by atoms with E-state index in [2.05, 4.69) is 31.1 Å². The van der Waals surface area contributed by atoms with Crippen LogP contribution in [0.5, 0.6) is 0 Å². The molecule has 0 radical (unpaired) electrons. The largest absolute Gasteiger partial charge is 0.356 e. The van der Waals surface area contributed by atoms with Crippen LogP contribution in [-0.4, -0.2) is 83.1 Å². The van der Waals surface area contributed by atoms with E-state index in [4.69, 9.17) is 10.7 Å². The van der Waals surface area contributed by atoms with Crippen LogP contribution < -0.4 is 16.0 Å². The van der Waals surface area contributed by atoms with Crippen molar-refractivity contribution in [1.82, 2.24) is 19.8 Å². The molecule has 5 rings (SSSR count). The Hall–Kier alpha value is -1.93. The highest BCUT2D eigenvalue weighted by Gasteiger charge is 2.40. The average Bonchev–Trinajstić information content (AvgIpc) is 3.51. The lowest BCUT2D eigenvalue weighted by molar-refractivity contribution is -0.137. The number of piperidine rings is 1. The molecule has 1 aromatic rings. The van der Waals surface area contributed by atoms with Crippen LogP contribution in [0.3, 0.4) is 0 Å². The van der Waals surface area contributed by atoms with Crippen molar-refractivity contribution in [2.24, 2.45) is 11.7 Å². The normalized spacial score (nSPS) is 26.9. The summed E-state index contributed by atoms with van der Waals surface area (Å²) in [7, 11) is 0. The van der Waals surface area contributed by atoms with Gasteiger partial charge in [0.05, 0.1) is 0 Å². The molecule has 3 saturated heterocycles. The van der Waals surface area contributed by atoms with Gasteiger partial charge in [0.1, 0.15) is 5.82 Å². The number of carbonyl (C=O) groups excluding carboxylic acids is 1. The fraction of sp³-hybridized carbons (Fsp3) is 0.821. The molecular weight excluding hydrogens is 450 g/mol. The maximum atomic E-state index is 12.9. The first kappa shape index (κ1) is 25.7. The van der Waals surface area contributed by atoms with E-state index in [1.165, 1.54) is 38.5 Å². The van der Waals surface area contributed by atoms with Gasteiger partial charge in [-0.1, -0.05) is 25.7 Å². The van der Waals surface area contributed by atoms with E-state index in [-0.39, 0.29) is 0 Å². The lowest BCUT2D eigenvalue weighted by Gasteiger charge is -2.41. The first-order chi connectivity index (χ1) is 17.7. The molecule has 2 atom stereocenters. The molecule has 0 bridgehead atoms. The predicted molar refractivity (Wildman–Crippen MR) is 145 cm³/mol. The maximum Gasteiger partial charge on any atom is 0.225 e. The first-order valence-corrected chi connectivity index (χ1v) is 14.8. The van der Waals surface area contributed by atoms with E-state index < -0.39 is 0 Å². The SMILES string of the molecule is NCCC[C@@H]1[C@@H](Nc2nccc(N3CCCCCC3)n2)CCN1C1CCN(C(=O)C2CCCC2)CC1. The van der Waals surface area contributed by atoms with E-state index in [9.17, 15) is 4.79 Å². The van der Waals surface area contributed by atoms with Crippen molar-refractivity contribution in [3.8, 4) is 0 Å². The fourth-order valence-electron chi connectivity index (χ4n) is 7.10. The van der Waals surface area contributed by atoms with Gasteiger partial charge in [-0.2, -0.15) is 4.98 Å². The number of nitrogens with zero attached hydrogens (tertiary/aromatic N) is 5. The number of hydrogen-bond acceptors (Lipinski definition) is 7. The van der Waals surface area contributed by atoms with Gasteiger partial charge >= 0.3 is 0 Å². The summed E-state index contributed by atoms with van der Waals surface area (Å²) >= 11 is 0. The molecule has 1 aliphatic carbocycles. The van der Waals surface area contributed by atoms with Gasteiger partial charge in [0.15, 0.2) is 0 Å². The van der Waals surface area contributed by atoms with Crippen LogP contribution in [0.2, 0.25) is 0 Å². The summed E-state index contributed by atoms with van der Waals surface area (Å²) in [6, 6.07) is 3.40. The standard InChI is InChI=1S/C28H47N7O/c29-15-7-10-25-24(31-28-30-16-11-26(32-28)33-17-5-1-2-6-18-33)14-21-35(25)23-12-19-34(20-13-23)27(36)22-8-3-4-9-22/h11,16,22-25H,1-10,12-15,17-21,29H2,(H,30,31,32)/t24-,25+/m0/s1. The molecule has 4 aliphatic rings. The molecule has 0 unspecified atom stereocenters. The number of carbonyl (C=O) groups is 1. The number of hydrogen-bond donors (Lipinski definition) is 2. The number of amides is 1. The summed E-state index contributed by atoms with van der Waals surface area (Å²) in [5.41, 5.74) is 5.94. The Bertz CT molecular complexity index is 829. The number of aromatic nitrogens is 2. The Balaban J connectivity index is 1.20. The van der Waals surface area contributed by atoms with Gasteiger partial charge in [0.25, 0.3) is 0 Å². The summed E-state index contributed by atoms with van der Waals surface area (Å²) in [5.74, 6) is 2.54. The van der Waals surface area contributed by atoms with Gasteiger partial charge in [-0.25, -0.2) is 4.98 Å². The molecule has 1 amide bonds. The summed E-state index contributed by atoms with van der Waals surface area (Å²) in [5, 5.41) is 3.73. The lowest BCUT2D eigenvalue weighted by Crippen LogP contribution is -2.51. The van der Waals surface area contributed by atoms with Crippen molar-refractivity contribution in [3.63, 3.8) is 0 Å². The zero-order chi connectivity index (χ0) is 24.7. The van der Waals surface area contributed by atoms with Crippen molar-refractivity contribution in [1.29, 1.82) is 0 Å². The molecule has 0 spiro atoms. The number of anilines is 2. The zero-order valence-electron chi connectivity index (χ0n) is 22.1. The van der Waals surface area contributed by atoms with Gasteiger partial charge in [-0.3, -0.25) is 9.69 Å². The third kappa shape index (κ3) is 6.13. The number of likely N-dealkylation sites (tertiary alicyclic amines) is 2. The van der Waals surface area contributed by atoms with Crippen molar-refractivity contribution in [3.05, 3.63) is 12.3 Å². The van der Waals surface area contributed by atoms with Gasteiger partial charge in [-0.15, -0.1) is 0 Å². The van der Waals surface area contributed by atoms with Crippen LogP contribution in [0.1, 0.15) is 83.5 Å². The van der Waals surface area contributed by atoms with E-state index in [1.807, 2.05) is 6.20 Å². The molecular formula is C28H47N7O. The molecule has 3 N–H and O–H groups in total. The molecule has 3 aliphatic heterocycles. The summed E-state index contributed by atoms with van der Waals surface area (Å²) in [6.07, 6.45) is 17.1. The molecule has 4 fully saturated rings. The average molecular weight is 498 g/mol. The summed E-state index contributed by atoms with van der Waals surface area (Å²) in [4.78, 5) is 29.8. The van der Waals surface area contributed by atoms with Crippen LogP contribution in [0.25, 0.3) is 0 Å². The molecule has 1 aromatic heterocycles. The Labute approximate surface area is 217 Å². The molecule has 36 heavy (non-hydrogen) atoms. The minimum Gasteiger partial charge on any atom is -0.356 e. The smallest absolute Gasteiger partial charge is 0.225 e. The van der Waals surface area contributed by atoms with E-state index in [0.29, 0.717) is 30.0 Å². The van der Waals surface area contributed by atoms with Gasteiger partial charge in [-0.05, 0) is 70.4 Å². The lowest BCUT2D eigenvalue weighted by atomic mass is 9.97. The highest BCUT2D eigenvalue weighted by molar-refractivity contribution is 5.79. The van der Waals surface area contributed by atoms with Gasteiger partial charge in [0, 0.05) is 63.0 Å². The van der Waals surface area contributed by atoms with Crippen LogP contribution >= 0.6 is 0 Å². The second-order valence-electron chi connectivity index (χ2n) is 11.5. The molecule has 200 valence electrons. The van der Waals surface area contributed by atoms with Crippen LogP contribution in [0.4, 0.5) is 11.8 Å². The Kier molecular flexibility index (Phi) is 8.96. The monoisotopic (exact) mass is 497 g/mol. The quantitative estimate of drug-likeness (QED) is 0.567. The second kappa shape index (κ2) is 12.5. The third-order valence-electron chi connectivity index (χ3n) is 9.13. The second-order valence-corrected chi connectivity index (χ2v) is 11.5. The zero-order valence-corrected chi connectivity index (χ0v) is 22.1. The van der Waals surface area contributed by atoms with Crippen molar-refractivity contribution in [2.45, 2.75) is 102 Å². The van der Waals surface area contributed by atoms with Gasteiger partial charge in [0.2, 0.25) is 11.9 Å². The maximum absolute atomic E-state index is 12.9. The minimum atomic E-state index is 0.296. The molecule has 0 aromatic carbocycles. The molecule has 8 nitrogen and oxygen atoms in total. The predicted octanol–water partition coefficient (Wildman–Crippen LogP) is 3.63. The Morgan fingerprint density at radius 3 is 2.42 bits per heavy atom. The minimum absolute atomic E-state index is 0.296. The van der Waals surface area contributed by atoms with E-state index in [0.717, 1.165) is 96.0 Å². The number of rotatable bonds is 8. The Morgan fingerprint density at radius 2 is 1.69 bits per heavy atom. The van der Waals surface area contributed by atoms with E-state index >= 15 is 0 Å². The van der Waals surface area contributed by atoms with Crippen LogP contribution in [0, 0.1) is 5.92 Å². The summed E-state index contributed by atoms with van der Waals surface area (Å²) in [6.45, 7) is 5.84. The van der Waals surface area contributed by atoms with Crippen LogP contribution in [0.15, 0.2) is 12.3 Å². The Morgan fingerprint density at radius 1 is 0.944 bits per heavy atom. The van der Waals surface area contributed by atoms with Crippen molar-refractivity contribution < 1.29 is 4.79 Å². The third-order valence-corrected chi connectivity index (χ3v) is 9.13. The molecule has 8 heteroatoms. The molecule has 1 saturated carbocycles. The molecule has 4 heterocycles. The van der Waals surface area contributed by atoms with Crippen molar-refractivity contribution >= 4 is 17.7 Å². The first-order valence-electron chi connectivity index (χ1n) is 14.8. The number of nitrogens with one attached hydrogen (secondary N) is 1. The topological polar surface area (TPSA) is 90.6 Å². The fourth-order valence-corrected chi connectivity index (χ4v) is 7.10. The van der Waals surface area contributed by atoms with E-state index in [1.54, 1.807) is 0 Å². The number of nitrogens with two attached hydrogens (primary N) is 1. The summed E-state index contributed by atoms with van der Waals surface area (Å²) < 4.78 is 0. The van der Waals surface area contributed by atoms with Gasteiger partial charge < -0.3 is 20.9 Å². The van der Waals surface area contributed by atoms with Crippen LogP contribution in [-0.2, 0) is 4.79 Å².